The first kappa shape index (κ1) is 20.9. The van der Waals surface area contributed by atoms with Crippen molar-refractivity contribution in [1.82, 2.24) is 0 Å². The maximum absolute atomic E-state index is 11.5. The Bertz CT molecular complexity index is 316. The van der Waals surface area contributed by atoms with E-state index in [4.69, 9.17) is 20.1 Å². The Labute approximate surface area is 132 Å². The summed E-state index contributed by atoms with van der Waals surface area (Å²) in [4.78, 5) is 22.7. The van der Waals surface area contributed by atoms with E-state index in [0.29, 0.717) is 12.3 Å². The van der Waals surface area contributed by atoms with Crippen LogP contribution in [0.3, 0.4) is 0 Å². The van der Waals surface area contributed by atoms with Crippen LogP contribution in [0.2, 0.25) is 0 Å². The van der Waals surface area contributed by atoms with Crippen LogP contribution < -0.4 is 0 Å². The Morgan fingerprint density at radius 2 is 1.64 bits per heavy atom. The molecule has 0 aliphatic heterocycles. The van der Waals surface area contributed by atoms with Gasteiger partial charge in [0, 0.05) is 0 Å². The maximum Gasteiger partial charge on any atom is 0.307 e. The number of rotatable bonds is 13. The van der Waals surface area contributed by atoms with Gasteiger partial charge in [-0.15, -0.1) is 0 Å². The summed E-state index contributed by atoms with van der Waals surface area (Å²) < 4.78 is 4.73. The predicted molar refractivity (Wildman–Crippen MR) is 82.3 cm³/mol. The van der Waals surface area contributed by atoms with Crippen molar-refractivity contribution in [2.75, 3.05) is 13.2 Å². The van der Waals surface area contributed by atoms with Crippen LogP contribution in [0.4, 0.5) is 0 Å². The number of unbranched alkanes of at least 4 members (excludes halogenated alkanes) is 3. The number of aliphatic carboxylic acids is 1. The van der Waals surface area contributed by atoms with Gasteiger partial charge in [-0.3, -0.25) is 9.59 Å². The Hall–Kier alpha value is -1.14. The zero-order chi connectivity index (χ0) is 17.0. The van der Waals surface area contributed by atoms with E-state index in [2.05, 4.69) is 13.8 Å². The zero-order valence-corrected chi connectivity index (χ0v) is 13.7. The van der Waals surface area contributed by atoms with E-state index in [1.165, 1.54) is 6.42 Å². The van der Waals surface area contributed by atoms with Gasteiger partial charge in [0.05, 0.1) is 18.9 Å². The number of carbonyl (C=O) groups excluding carboxylic acids is 1. The summed E-state index contributed by atoms with van der Waals surface area (Å²) in [6.07, 6.45) is 4.30. The molecular weight excluding hydrogens is 288 g/mol. The fourth-order valence-electron chi connectivity index (χ4n) is 2.11. The Balaban J connectivity index is 3.91. The Morgan fingerprint density at radius 3 is 2.14 bits per heavy atom. The van der Waals surface area contributed by atoms with Gasteiger partial charge in [0.15, 0.2) is 0 Å². The summed E-state index contributed by atoms with van der Waals surface area (Å²) >= 11 is 0. The van der Waals surface area contributed by atoms with E-state index in [9.17, 15) is 9.59 Å². The maximum atomic E-state index is 11.5. The highest BCUT2D eigenvalue weighted by Gasteiger charge is 2.22. The number of carboxylic acid groups (broad SMARTS) is 1. The Morgan fingerprint density at radius 1 is 1.05 bits per heavy atom. The van der Waals surface area contributed by atoms with Crippen LogP contribution in [0.1, 0.15) is 58.8 Å². The van der Waals surface area contributed by atoms with Gasteiger partial charge in [-0.2, -0.15) is 0 Å². The highest BCUT2D eigenvalue weighted by atomic mass is 16.5. The lowest BCUT2D eigenvalue weighted by atomic mass is 9.96. The predicted octanol–water partition coefficient (Wildman–Crippen LogP) is 1.97. The first-order valence-electron chi connectivity index (χ1n) is 8.04. The van der Waals surface area contributed by atoms with Gasteiger partial charge in [0.2, 0.25) is 0 Å². The largest absolute Gasteiger partial charge is 0.481 e. The molecule has 0 saturated carbocycles. The minimum atomic E-state index is -1.12. The number of hydrogen-bond acceptors (Lipinski definition) is 5. The first-order valence-corrected chi connectivity index (χ1v) is 8.04. The highest BCUT2D eigenvalue weighted by Crippen LogP contribution is 2.17. The van der Waals surface area contributed by atoms with Crippen molar-refractivity contribution in [2.24, 2.45) is 11.8 Å². The van der Waals surface area contributed by atoms with Crippen molar-refractivity contribution in [3.8, 4) is 0 Å². The van der Waals surface area contributed by atoms with Crippen LogP contribution in [-0.2, 0) is 14.3 Å². The minimum absolute atomic E-state index is 0.195. The van der Waals surface area contributed by atoms with Gasteiger partial charge in [-0.1, -0.05) is 46.0 Å². The van der Waals surface area contributed by atoms with Gasteiger partial charge < -0.3 is 20.1 Å². The average molecular weight is 318 g/mol. The second-order valence-corrected chi connectivity index (χ2v) is 6.14. The summed E-state index contributed by atoms with van der Waals surface area (Å²) in [5.41, 5.74) is 0. The van der Waals surface area contributed by atoms with Crippen LogP contribution in [0.5, 0.6) is 0 Å². The molecule has 3 N–H and O–H groups in total. The molecule has 0 aromatic rings. The molecule has 0 heterocycles. The molecule has 0 spiro atoms. The number of carbonyl (C=O) groups is 2. The third-order valence-corrected chi connectivity index (χ3v) is 3.49. The fraction of sp³-hybridized carbons (Fsp3) is 0.875. The molecule has 0 radical (unpaired) electrons. The standard InChI is InChI=1S/C16H30O6/c1-12(2)7-5-3-4-6-8-13(16(20)21)9-15(19)22-11-14(18)10-17/h12-14,17-18H,3-11H2,1-2H3,(H,20,21). The summed E-state index contributed by atoms with van der Waals surface area (Å²) in [7, 11) is 0. The van der Waals surface area contributed by atoms with Gasteiger partial charge in [0.25, 0.3) is 0 Å². The molecule has 0 aromatic heterocycles. The summed E-state index contributed by atoms with van der Waals surface area (Å²) in [6, 6.07) is 0. The molecule has 0 bridgehead atoms. The molecule has 2 atom stereocenters. The molecule has 0 saturated heterocycles. The van der Waals surface area contributed by atoms with Crippen molar-refractivity contribution < 1.29 is 29.6 Å². The van der Waals surface area contributed by atoms with Gasteiger partial charge >= 0.3 is 11.9 Å². The molecule has 0 rings (SSSR count). The van der Waals surface area contributed by atoms with E-state index in [-0.39, 0.29) is 13.0 Å². The Kier molecular flexibility index (Phi) is 11.8. The average Bonchev–Trinajstić information content (AvgIpc) is 2.46. The number of esters is 1. The lowest BCUT2D eigenvalue weighted by Gasteiger charge is -2.13. The number of hydrogen-bond donors (Lipinski definition) is 3. The molecule has 0 aromatic carbocycles. The number of aliphatic hydroxyl groups is 2. The topological polar surface area (TPSA) is 104 Å². The van der Waals surface area contributed by atoms with E-state index >= 15 is 0 Å². The fourth-order valence-corrected chi connectivity index (χ4v) is 2.11. The summed E-state index contributed by atoms with van der Waals surface area (Å²) in [5.74, 6) is -1.71. The summed E-state index contributed by atoms with van der Waals surface area (Å²) in [6.45, 7) is 3.56. The van der Waals surface area contributed by atoms with E-state index in [0.717, 1.165) is 25.7 Å². The van der Waals surface area contributed by atoms with Crippen LogP contribution >= 0.6 is 0 Å². The van der Waals surface area contributed by atoms with Crippen LogP contribution in [0, 0.1) is 11.8 Å². The highest BCUT2D eigenvalue weighted by molar-refractivity contribution is 5.78. The van der Waals surface area contributed by atoms with Crippen molar-refractivity contribution in [3.05, 3.63) is 0 Å². The lowest BCUT2D eigenvalue weighted by Crippen LogP contribution is -2.24. The van der Waals surface area contributed by atoms with Gasteiger partial charge in [0.1, 0.15) is 12.7 Å². The van der Waals surface area contributed by atoms with Gasteiger partial charge in [-0.05, 0) is 12.3 Å². The van der Waals surface area contributed by atoms with Crippen molar-refractivity contribution in [3.63, 3.8) is 0 Å². The van der Waals surface area contributed by atoms with E-state index in [1.807, 2.05) is 0 Å². The molecule has 0 aliphatic carbocycles. The molecule has 6 heteroatoms. The SMILES string of the molecule is CC(C)CCCCCCC(CC(=O)OCC(O)CO)C(=O)O. The molecular formula is C16H30O6. The van der Waals surface area contributed by atoms with Crippen molar-refractivity contribution in [1.29, 1.82) is 0 Å². The lowest BCUT2D eigenvalue weighted by molar-refractivity contribution is -0.154. The number of ether oxygens (including phenoxy) is 1. The third kappa shape index (κ3) is 11.5. The normalized spacial score (nSPS) is 13.9. The minimum Gasteiger partial charge on any atom is -0.481 e. The molecule has 22 heavy (non-hydrogen) atoms. The molecule has 0 fully saturated rings. The van der Waals surface area contributed by atoms with E-state index < -0.39 is 30.6 Å². The zero-order valence-electron chi connectivity index (χ0n) is 13.7. The van der Waals surface area contributed by atoms with Crippen molar-refractivity contribution in [2.45, 2.75) is 64.9 Å². The second-order valence-electron chi connectivity index (χ2n) is 6.14. The van der Waals surface area contributed by atoms with Crippen LogP contribution in [-0.4, -0.2) is 46.6 Å². The first-order chi connectivity index (χ1) is 10.4. The number of aliphatic hydroxyl groups excluding tert-OH is 2. The smallest absolute Gasteiger partial charge is 0.307 e. The molecule has 0 aliphatic rings. The molecule has 0 amide bonds. The molecule has 2 unspecified atom stereocenters. The van der Waals surface area contributed by atoms with Crippen LogP contribution in [0.15, 0.2) is 0 Å². The summed E-state index contributed by atoms with van der Waals surface area (Å²) in [5, 5.41) is 26.8. The third-order valence-electron chi connectivity index (χ3n) is 3.49. The monoisotopic (exact) mass is 318 g/mol. The van der Waals surface area contributed by atoms with Gasteiger partial charge in [-0.25, -0.2) is 0 Å². The number of carboxylic acids is 1. The van der Waals surface area contributed by atoms with Crippen molar-refractivity contribution >= 4 is 11.9 Å². The molecule has 130 valence electrons. The van der Waals surface area contributed by atoms with E-state index in [1.54, 1.807) is 0 Å². The quantitative estimate of drug-likeness (QED) is 0.354. The second kappa shape index (κ2) is 12.4. The van der Waals surface area contributed by atoms with Crippen LogP contribution in [0.25, 0.3) is 0 Å². The molecule has 6 nitrogen and oxygen atoms in total.